The quantitative estimate of drug-likeness (QED) is 0.160. The van der Waals surface area contributed by atoms with Gasteiger partial charge in [-0.05, 0) is 67.4 Å². The van der Waals surface area contributed by atoms with Crippen molar-refractivity contribution in [3.8, 4) is 11.5 Å². The Balaban J connectivity index is 1.39. The van der Waals surface area contributed by atoms with E-state index in [9.17, 15) is 14.9 Å². The van der Waals surface area contributed by atoms with Crippen molar-refractivity contribution >= 4 is 29.4 Å². The molecule has 1 N–H and O–H groups in total. The number of aromatic nitrogens is 2. The minimum absolute atomic E-state index is 0.0140. The molecule has 200 valence electrons. The summed E-state index contributed by atoms with van der Waals surface area (Å²) >= 11 is 6.24. The van der Waals surface area contributed by atoms with Crippen LogP contribution in [0.1, 0.15) is 38.4 Å². The lowest BCUT2D eigenvalue weighted by molar-refractivity contribution is -0.384. The van der Waals surface area contributed by atoms with Crippen LogP contribution in [0.15, 0.2) is 71.8 Å². The molecule has 4 rings (SSSR count). The molecule has 1 amide bonds. The molecular weight excluding hydrogens is 522 g/mol. The Morgan fingerprint density at radius 3 is 2.59 bits per heavy atom. The summed E-state index contributed by atoms with van der Waals surface area (Å²) in [5.74, 6) is 0.741. The number of nitrogens with one attached hydrogen (secondary N) is 1. The summed E-state index contributed by atoms with van der Waals surface area (Å²) in [5.41, 5.74) is 6.99. The number of hydrazone groups is 1. The number of nitrogens with zero attached hydrogens (tertiary/aromatic N) is 4. The van der Waals surface area contributed by atoms with Crippen molar-refractivity contribution in [2.75, 3.05) is 7.11 Å². The molecular formula is C28H26ClN5O5. The average molecular weight is 548 g/mol. The van der Waals surface area contributed by atoms with Gasteiger partial charge in [-0.25, -0.2) is 5.43 Å². The van der Waals surface area contributed by atoms with Crippen LogP contribution in [-0.2, 0) is 13.2 Å². The molecule has 11 heteroatoms. The number of hydrogen-bond acceptors (Lipinski definition) is 7. The number of halogens is 1. The summed E-state index contributed by atoms with van der Waals surface area (Å²) in [5, 5.41) is 20.0. The van der Waals surface area contributed by atoms with E-state index in [0.717, 1.165) is 22.5 Å². The number of carbonyl (C=O) groups is 1. The van der Waals surface area contributed by atoms with Gasteiger partial charge in [-0.1, -0.05) is 23.7 Å². The van der Waals surface area contributed by atoms with E-state index >= 15 is 0 Å². The molecule has 0 aliphatic heterocycles. The number of nitro groups is 1. The van der Waals surface area contributed by atoms with Crippen molar-refractivity contribution in [2.45, 2.75) is 27.0 Å². The Morgan fingerprint density at radius 1 is 1.15 bits per heavy atom. The minimum atomic E-state index is -0.468. The van der Waals surface area contributed by atoms with Crippen LogP contribution in [0.2, 0.25) is 5.02 Å². The van der Waals surface area contributed by atoms with Gasteiger partial charge >= 0.3 is 0 Å². The number of non-ortho nitro benzene ring substituents is 1. The summed E-state index contributed by atoms with van der Waals surface area (Å²) in [4.78, 5) is 23.1. The van der Waals surface area contributed by atoms with Crippen LogP contribution in [0.4, 0.5) is 5.69 Å². The SMILES string of the molecule is COc1ccc(/C=N\NC(=O)c2cccc(Cn3nc(C)c(Cl)c3C)c2)cc1COc1ccc([N+](=O)[O-])cc1. The summed E-state index contributed by atoms with van der Waals surface area (Å²) in [6.45, 7) is 4.41. The number of nitro benzene ring substituents is 1. The van der Waals surface area contributed by atoms with Crippen LogP contribution in [0.25, 0.3) is 0 Å². The predicted octanol–water partition coefficient (Wildman–Crippen LogP) is 5.46. The second kappa shape index (κ2) is 12.2. The number of amides is 1. The molecule has 0 aliphatic carbocycles. The molecule has 0 fully saturated rings. The molecule has 0 bridgehead atoms. The number of rotatable bonds is 10. The fourth-order valence-corrected chi connectivity index (χ4v) is 3.99. The first-order valence-electron chi connectivity index (χ1n) is 11.9. The zero-order valence-corrected chi connectivity index (χ0v) is 22.3. The number of methoxy groups -OCH3 is 1. The Morgan fingerprint density at radius 2 is 1.92 bits per heavy atom. The third-order valence-electron chi connectivity index (χ3n) is 5.94. The highest BCUT2D eigenvalue weighted by Gasteiger charge is 2.11. The first-order chi connectivity index (χ1) is 18.7. The molecule has 3 aromatic carbocycles. The Bertz CT molecular complexity index is 1530. The van der Waals surface area contributed by atoms with Crippen LogP contribution in [0.5, 0.6) is 11.5 Å². The summed E-state index contributed by atoms with van der Waals surface area (Å²) in [6.07, 6.45) is 1.52. The second-order valence-electron chi connectivity index (χ2n) is 8.65. The van der Waals surface area contributed by atoms with Gasteiger partial charge in [0.05, 0.1) is 41.2 Å². The lowest BCUT2D eigenvalue weighted by Crippen LogP contribution is -2.18. The van der Waals surface area contributed by atoms with Gasteiger partial charge in [-0.15, -0.1) is 0 Å². The molecule has 1 aromatic heterocycles. The van der Waals surface area contributed by atoms with Crippen LogP contribution in [0.3, 0.4) is 0 Å². The van der Waals surface area contributed by atoms with Gasteiger partial charge < -0.3 is 9.47 Å². The molecule has 1 heterocycles. The molecule has 0 spiro atoms. The zero-order valence-electron chi connectivity index (χ0n) is 21.6. The highest BCUT2D eigenvalue weighted by atomic mass is 35.5. The zero-order chi connectivity index (χ0) is 27.9. The van der Waals surface area contributed by atoms with Crippen LogP contribution in [-0.4, -0.2) is 33.9 Å². The average Bonchev–Trinajstić information content (AvgIpc) is 3.18. The normalized spacial score (nSPS) is 11.0. The van der Waals surface area contributed by atoms with E-state index in [1.165, 1.54) is 30.5 Å². The van der Waals surface area contributed by atoms with E-state index in [2.05, 4.69) is 15.6 Å². The van der Waals surface area contributed by atoms with Crippen LogP contribution < -0.4 is 14.9 Å². The van der Waals surface area contributed by atoms with E-state index < -0.39 is 4.92 Å². The molecule has 0 aliphatic rings. The van der Waals surface area contributed by atoms with Crippen molar-refractivity contribution in [2.24, 2.45) is 5.10 Å². The molecule has 0 saturated carbocycles. The summed E-state index contributed by atoms with van der Waals surface area (Å²) < 4.78 is 13.0. The number of ether oxygens (including phenoxy) is 2. The lowest BCUT2D eigenvalue weighted by atomic mass is 10.1. The number of carbonyl (C=O) groups excluding carboxylic acids is 1. The maximum atomic E-state index is 12.7. The Hall–Kier alpha value is -4.70. The van der Waals surface area contributed by atoms with Gasteiger partial charge in [0, 0.05) is 23.3 Å². The monoisotopic (exact) mass is 547 g/mol. The fraction of sp³-hybridized carbons (Fsp3) is 0.179. The van der Waals surface area contributed by atoms with Crippen molar-refractivity contribution < 1.29 is 19.2 Å². The van der Waals surface area contributed by atoms with E-state index in [-0.39, 0.29) is 18.2 Å². The Kier molecular flexibility index (Phi) is 8.57. The van der Waals surface area contributed by atoms with Gasteiger partial charge in [0.2, 0.25) is 0 Å². The summed E-state index contributed by atoms with van der Waals surface area (Å²) in [7, 11) is 1.55. The molecule has 4 aromatic rings. The number of hydrogen-bond donors (Lipinski definition) is 1. The van der Waals surface area contributed by atoms with E-state index in [4.69, 9.17) is 21.1 Å². The number of benzene rings is 3. The topological polar surface area (TPSA) is 121 Å². The standard InChI is InChI=1S/C28H26ClN5O5/c1-18-27(29)19(2)33(32-18)16-21-5-4-6-22(14-21)28(35)31-30-15-20-7-12-26(38-3)23(13-20)17-39-25-10-8-24(9-11-25)34(36)37/h4-15H,16-17H2,1-3H3,(H,31,35)/b30-15-. The molecule has 0 atom stereocenters. The lowest BCUT2D eigenvalue weighted by Gasteiger charge is -2.11. The Labute approximate surface area is 230 Å². The van der Waals surface area contributed by atoms with E-state index in [1.54, 1.807) is 36.1 Å². The second-order valence-corrected chi connectivity index (χ2v) is 9.03. The largest absolute Gasteiger partial charge is 0.496 e. The van der Waals surface area contributed by atoms with Gasteiger partial charge in [0.25, 0.3) is 11.6 Å². The van der Waals surface area contributed by atoms with Gasteiger partial charge in [0.1, 0.15) is 18.1 Å². The van der Waals surface area contributed by atoms with Crippen molar-refractivity contribution in [3.05, 3.63) is 116 Å². The van der Waals surface area contributed by atoms with Crippen molar-refractivity contribution in [1.29, 1.82) is 0 Å². The smallest absolute Gasteiger partial charge is 0.271 e. The molecule has 0 saturated heterocycles. The fourth-order valence-electron chi connectivity index (χ4n) is 3.86. The maximum absolute atomic E-state index is 12.7. The van der Waals surface area contributed by atoms with Gasteiger partial charge in [-0.2, -0.15) is 10.2 Å². The van der Waals surface area contributed by atoms with Gasteiger partial charge in [0.15, 0.2) is 0 Å². The molecule has 0 unspecified atom stereocenters. The van der Waals surface area contributed by atoms with Crippen molar-refractivity contribution in [1.82, 2.24) is 15.2 Å². The highest BCUT2D eigenvalue weighted by molar-refractivity contribution is 6.31. The van der Waals surface area contributed by atoms with Gasteiger partial charge in [-0.3, -0.25) is 19.6 Å². The molecule has 10 nitrogen and oxygen atoms in total. The van der Waals surface area contributed by atoms with E-state index in [1.807, 2.05) is 32.0 Å². The molecule has 39 heavy (non-hydrogen) atoms. The summed E-state index contributed by atoms with van der Waals surface area (Å²) in [6, 6.07) is 18.4. The minimum Gasteiger partial charge on any atom is -0.496 e. The van der Waals surface area contributed by atoms with E-state index in [0.29, 0.717) is 34.2 Å². The third-order valence-corrected chi connectivity index (χ3v) is 6.49. The number of aryl methyl sites for hydroxylation is 1. The first-order valence-corrected chi connectivity index (χ1v) is 12.3. The first kappa shape index (κ1) is 27.3. The highest BCUT2D eigenvalue weighted by Crippen LogP contribution is 2.23. The third kappa shape index (κ3) is 6.79. The predicted molar refractivity (Wildman–Crippen MR) is 148 cm³/mol. The molecule has 0 radical (unpaired) electrons. The maximum Gasteiger partial charge on any atom is 0.271 e. The van der Waals surface area contributed by atoms with Crippen LogP contribution in [0, 0.1) is 24.0 Å². The van der Waals surface area contributed by atoms with Crippen molar-refractivity contribution in [3.63, 3.8) is 0 Å². The van der Waals surface area contributed by atoms with Crippen LogP contribution >= 0.6 is 11.6 Å².